The second-order valence-corrected chi connectivity index (χ2v) is 6.08. The first-order valence-corrected chi connectivity index (χ1v) is 8.87. The van der Waals surface area contributed by atoms with Crippen LogP contribution in [0.15, 0.2) is 29.5 Å². The van der Waals surface area contributed by atoms with Crippen LogP contribution in [0.1, 0.15) is 24.7 Å². The first-order valence-electron chi connectivity index (χ1n) is 8.87. The van der Waals surface area contributed by atoms with Crippen LogP contribution in [-0.2, 0) is 19.5 Å². The van der Waals surface area contributed by atoms with Crippen molar-refractivity contribution < 1.29 is 9.47 Å². The van der Waals surface area contributed by atoms with Crippen molar-refractivity contribution in [3.05, 3.63) is 35.9 Å². The number of nitrogens with one attached hydrogen (secondary N) is 2. The normalized spacial score (nSPS) is 16.7. The summed E-state index contributed by atoms with van der Waals surface area (Å²) in [5, 5.41) is 11.1. The van der Waals surface area contributed by atoms with Gasteiger partial charge in [0.05, 0.1) is 20.3 Å². The Hall–Kier alpha value is -2.77. The van der Waals surface area contributed by atoms with Gasteiger partial charge in [-0.15, -0.1) is 0 Å². The number of aryl methyl sites for hydroxylation is 1. The van der Waals surface area contributed by atoms with Crippen LogP contribution in [0, 0.1) is 0 Å². The second kappa shape index (κ2) is 8.55. The van der Waals surface area contributed by atoms with Gasteiger partial charge in [-0.25, -0.2) is 9.67 Å². The maximum Gasteiger partial charge on any atom is 0.191 e. The number of benzene rings is 1. The van der Waals surface area contributed by atoms with E-state index in [9.17, 15) is 0 Å². The third-order valence-corrected chi connectivity index (χ3v) is 4.36. The summed E-state index contributed by atoms with van der Waals surface area (Å²) < 4.78 is 12.9. The zero-order valence-corrected chi connectivity index (χ0v) is 15.5. The Kier molecular flexibility index (Phi) is 5.93. The van der Waals surface area contributed by atoms with Crippen LogP contribution in [0.3, 0.4) is 0 Å². The number of hydrogen-bond donors (Lipinski definition) is 2. The average molecular weight is 358 g/mol. The molecule has 8 heteroatoms. The van der Waals surface area contributed by atoms with Gasteiger partial charge in [0.15, 0.2) is 17.5 Å². The Balaban J connectivity index is 1.57. The van der Waals surface area contributed by atoms with Gasteiger partial charge in [-0.1, -0.05) is 6.07 Å². The molecule has 0 amide bonds. The zero-order valence-electron chi connectivity index (χ0n) is 15.5. The number of aromatic nitrogens is 3. The molecule has 2 aromatic rings. The van der Waals surface area contributed by atoms with E-state index < -0.39 is 0 Å². The SMILES string of the molecule is CCOc1cc(CNC(=NC)NC2CCc3ncnn3C2)ccc1OC. The molecule has 140 valence electrons. The molecule has 1 aromatic carbocycles. The van der Waals surface area contributed by atoms with Crippen LogP contribution in [0.25, 0.3) is 0 Å². The highest BCUT2D eigenvalue weighted by molar-refractivity contribution is 5.80. The molecule has 1 atom stereocenters. The predicted octanol–water partition coefficient (Wildman–Crippen LogP) is 1.37. The first-order chi connectivity index (χ1) is 12.7. The Morgan fingerprint density at radius 2 is 2.27 bits per heavy atom. The summed E-state index contributed by atoms with van der Waals surface area (Å²) in [5.74, 6) is 3.31. The number of fused-ring (bicyclic) bond motifs is 1. The van der Waals surface area contributed by atoms with Gasteiger partial charge in [-0.05, 0) is 31.0 Å². The van der Waals surface area contributed by atoms with E-state index in [1.807, 2.05) is 29.8 Å². The van der Waals surface area contributed by atoms with E-state index in [1.165, 1.54) is 0 Å². The van der Waals surface area contributed by atoms with E-state index >= 15 is 0 Å². The van der Waals surface area contributed by atoms with Crippen molar-refractivity contribution in [2.24, 2.45) is 4.99 Å². The molecule has 2 N–H and O–H groups in total. The van der Waals surface area contributed by atoms with Gasteiger partial charge in [0.2, 0.25) is 0 Å². The second-order valence-electron chi connectivity index (χ2n) is 6.08. The van der Waals surface area contributed by atoms with Crippen molar-refractivity contribution in [1.82, 2.24) is 25.4 Å². The van der Waals surface area contributed by atoms with E-state index in [0.29, 0.717) is 13.2 Å². The molecule has 2 heterocycles. The van der Waals surface area contributed by atoms with Gasteiger partial charge in [0.25, 0.3) is 0 Å². The van der Waals surface area contributed by atoms with Gasteiger partial charge in [0.1, 0.15) is 12.2 Å². The lowest BCUT2D eigenvalue weighted by Gasteiger charge is -2.25. The summed E-state index contributed by atoms with van der Waals surface area (Å²) in [5.41, 5.74) is 1.10. The zero-order chi connectivity index (χ0) is 18.4. The van der Waals surface area contributed by atoms with Gasteiger partial charge >= 0.3 is 0 Å². The molecule has 1 aromatic heterocycles. The van der Waals surface area contributed by atoms with Gasteiger partial charge < -0.3 is 20.1 Å². The molecule has 0 radical (unpaired) electrons. The molecule has 0 saturated heterocycles. The van der Waals surface area contributed by atoms with E-state index in [0.717, 1.165) is 48.2 Å². The van der Waals surface area contributed by atoms with E-state index in [1.54, 1.807) is 20.5 Å². The summed E-state index contributed by atoms with van der Waals surface area (Å²) in [4.78, 5) is 8.59. The summed E-state index contributed by atoms with van der Waals surface area (Å²) in [6.07, 6.45) is 3.55. The van der Waals surface area contributed by atoms with Crippen molar-refractivity contribution in [1.29, 1.82) is 0 Å². The molecule has 0 fully saturated rings. The molecule has 1 aliphatic heterocycles. The average Bonchev–Trinajstić information content (AvgIpc) is 3.13. The fraction of sp³-hybridized carbons (Fsp3) is 0.500. The Morgan fingerprint density at radius 3 is 3.04 bits per heavy atom. The molecule has 0 spiro atoms. The number of rotatable bonds is 6. The molecular weight excluding hydrogens is 332 g/mol. The fourth-order valence-electron chi connectivity index (χ4n) is 3.03. The fourth-order valence-corrected chi connectivity index (χ4v) is 3.03. The van der Waals surface area contributed by atoms with Gasteiger partial charge in [-0.3, -0.25) is 4.99 Å². The molecule has 8 nitrogen and oxygen atoms in total. The predicted molar refractivity (Wildman–Crippen MR) is 99.6 cm³/mol. The smallest absolute Gasteiger partial charge is 0.191 e. The molecular formula is C18H26N6O2. The topological polar surface area (TPSA) is 85.6 Å². The quantitative estimate of drug-likeness (QED) is 0.599. The highest BCUT2D eigenvalue weighted by atomic mass is 16.5. The third kappa shape index (κ3) is 4.25. The molecule has 0 bridgehead atoms. The van der Waals surface area contributed by atoms with Crippen molar-refractivity contribution in [3.8, 4) is 11.5 Å². The molecule has 0 aliphatic carbocycles. The van der Waals surface area contributed by atoms with Crippen LogP contribution in [-0.4, -0.2) is 47.5 Å². The van der Waals surface area contributed by atoms with Gasteiger partial charge in [0, 0.05) is 26.1 Å². The Bertz CT molecular complexity index is 758. The highest BCUT2D eigenvalue weighted by Gasteiger charge is 2.20. The third-order valence-electron chi connectivity index (χ3n) is 4.36. The lowest BCUT2D eigenvalue weighted by atomic mass is 10.1. The summed E-state index contributed by atoms with van der Waals surface area (Å²) >= 11 is 0. The molecule has 26 heavy (non-hydrogen) atoms. The number of ether oxygens (including phenoxy) is 2. The number of aliphatic imine (C=N–C) groups is 1. The minimum atomic E-state index is 0.283. The van der Waals surface area contributed by atoms with Crippen LogP contribution in [0.5, 0.6) is 11.5 Å². The minimum Gasteiger partial charge on any atom is -0.493 e. The summed E-state index contributed by atoms with van der Waals surface area (Å²) in [6, 6.07) is 6.21. The van der Waals surface area contributed by atoms with Crippen LogP contribution in [0.4, 0.5) is 0 Å². The lowest BCUT2D eigenvalue weighted by molar-refractivity contribution is 0.310. The van der Waals surface area contributed by atoms with Crippen LogP contribution >= 0.6 is 0 Å². The van der Waals surface area contributed by atoms with Crippen LogP contribution < -0.4 is 20.1 Å². The van der Waals surface area contributed by atoms with E-state index in [-0.39, 0.29) is 6.04 Å². The number of guanidine groups is 1. The Morgan fingerprint density at radius 1 is 1.38 bits per heavy atom. The standard InChI is InChI=1S/C18H26N6O2/c1-4-26-16-9-13(5-7-15(16)25-3)10-20-18(19-2)23-14-6-8-17-21-12-22-24(17)11-14/h5,7,9,12,14H,4,6,8,10-11H2,1-3H3,(H2,19,20,23). The molecule has 3 rings (SSSR count). The van der Waals surface area contributed by atoms with Crippen molar-refractivity contribution in [2.45, 2.75) is 38.9 Å². The van der Waals surface area contributed by atoms with Crippen molar-refractivity contribution in [2.75, 3.05) is 20.8 Å². The summed E-state index contributed by atoms with van der Waals surface area (Å²) in [7, 11) is 3.42. The van der Waals surface area contributed by atoms with E-state index in [2.05, 4.69) is 25.7 Å². The molecule has 1 aliphatic rings. The molecule has 1 unspecified atom stereocenters. The molecule has 0 saturated carbocycles. The number of nitrogens with zero attached hydrogens (tertiary/aromatic N) is 4. The Labute approximate surface area is 153 Å². The minimum absolute atomic E-state index is 0.283. The van der Waals surface area contributed by atoms with E-state index in [4.69, 9.17) is 9.47 Å². The van der Waals surface area contributed by atoms with Crippen molar-refractivity contribution in [3.63, 3.8) is 0 Å². The van der Waals surface area contributed by atoms with Crippen LogP contribution in [0.2, 0.25) is 0 Å². The lowest BCUT2D eigenvalue weighted by Crippen LogP contribution is -2.46. The van der Waals surface area contributed by atoms with Gasteiger partial charge in [-0.2, -0.15) is 5.10 Å². The number of methoxy groups -OCH3 is 1. The largest absolute Gasteiger partial charge is 0.493 e. The first kappa shape index (κ1) is 18.0. The highest BCUT2D eigenvalue weighted by Crippen LogP contribution is 2.27. The monoisotopic (exact) mass is 358 g/mol. The maximum atomic E-state index is 5.63. The number of hydrogen-bond acceptors (Lipinski definition) is 5. The maximum absolute atomic E-state index is 5.63. The van der Waals surface area contributed by atoms with Crippen molar-refractivity contribution >= 4 is 5.96 Å². The summed E-state index contributed by atoms with van der Waals surface area (Å²) in [6.45, 7) is 4.00.